The van der Waals surface area contributed by atoms with Crippen molar-refractivity contribution in [1.82, 2.24) is 4.90 Å². The molecule has 0 saturated heterocycles. The Morgan fingerprint density at radius 1 is 1.53 bits per heavy atom. The summed E-state index contributed by atoms with van der Waals surface area (Å²) in [6.07, 6.45) is 4.98. The van der Waals surface area contributed by atoms with Gasteiger partial charge < -0.3 is 5.73 Å². The van der Waals surface area contributed by atoms with Crippen LogP contribution in [0.2, 0.25) is 0 Å². The first-order valence-electron chi connectivity index (χ1n) is 7.04. The quantitative estimate of drug-likeness (QED) is 0.740. The number of hydrogen-bond acceptors (Lipinski definition) is 3. The van der Waals surface area contributed by atoms with Crippen molar-refractivity contribution in [3.05, 3.63) is 22.4 Å². The molecule has 1 aliphatic rings. The number of hydrogen-bond donors (Lipinski definition) is 1. The molecular formula is C15H24N2S2. The fraction of sp³-hybridized carbons (Fsp3) is 0.667. The molecule has 0 amide bonds. The summed E-state index contributed by atoms with van der Waals surface area (Å²) in [6, 6.07) is 3.05. The summed E-state index contributed by atoms with van der Waals surface area (Å²) >= 11 is 6.92. The molecule has 0 unspecified atom stereocenters. The Hall–Kier alpha value is -0.450. The van der Waals surface area contributed by atoms with Crippen molar-refractivity contribution < 1.29 is 0 Å². The predicted octanol–water partition coefficient (Wildman–Crippen LogP) is 3.81. The van der Waals surface area contributed by atoms with Gasteiger partial charge in [-0.1, -0.05) is 26.1 Å². The van der Waals surface area contributed by atoms with Gasteiger partial charge in [0, 0.05) is 18.0 Å². The lowest BCUT2D eigenvalue weighted by molar-refractivity contribution is 0.240. The van der Waals surface area contributed by atoms with E-state index in [1.54, 1.807) is 11.3 Å². The molecule has 1 aromatic heterocycles. The molecular weight excluding hydrogens is 272 g/mol. The fourth-order valence-corrected chi connectivity index (χ4v) is 3.06. The fourth-order valence-electron chi connectivity index (χ4n) is 2.29. The summed E-state index contributed by atoms with van der Waals surface area (Å²) in [4.78, 5) is 3.26. The van der Waals surface area contributed by atoms with Gasteiger partial charge in [0.25, 0.3) is 0 Å². The zero-order chi connectivity index (χ0) is 13.9. The van der Waals surface area contributed by atoms with Crippen LogP contribution in [0, 0.1) is 5.41 Å². The van der Waals surface area contributed by atoms with Gasteiger partial charge in [-0.15, -0.1) is 0 Å². The summed E-state index contributed by atoms with van der Waals surface area (Å²) in [5.74, 6) is 0. The monoisotopic (exact) mass is 296 g/mol. The van der Waals surface area contributed by atoms with E-state index in [1.165, 1.54) is 24.8 Å². The minimum absolute atomic E-state index is 0.00701. The van der Waals surface area contributed by atoms with E-state index < -0.39 is 0 Å². The third kappa shape index (κ3) is 4.55. The van der Waals surface area contributed by atoms with Crippen LogP contribution in [0.1, 0.15) is 45.1 Å². The zero-order valence-corrected chi connectivity index (χ0v) is 13.5. The number of nitrogens with zero attached hydrogens (tertiary/aromatic N) is 1. The highest BCUT2D eigenvalue weighted by atomic mass is 32.1. The molecule has 2 rings (SSSR count). The number of thiocarbonyl (C=S) groups is 1. The van der Waals surface area contributed by atoms with Crippen LogP contribution in [0.5, 0.6) is 0 Å². The summed E-state index contributed by atoms with van der Waals surface area (Å²) in [5, 5.41) is 4.42. The van der Waals surface area contributed by atoms with E-state index in [9.17, 15) is 0 Å². The molecule has 0 atom stereocenters. The van der Waals surface area contributed by atoms with Gasteiger partial charge in [-0.05, 0) is 54.6 Å². The molecule has 106 valence electrons. The lowest BCUT2D eigenvalue weighted by atomic mass is 9.88. The van der Waals surface area contributed by atoms with E-state index in [0.29, 0.717) is 4.99 Å². The van der Waals surface area contributed by atoms with E-state index in [0.717, 1.165) is 25.6 Å². The van der Waals surface area contributed by atoms with Gasteiger partial charge in [0.1, 0.15) is 0 Å². The van der Waals surface area contributed by atoms with Gasteiger partial charge in [0.15, 0.2) is 0 Å². The van der Waals surface area contributed by atoms with Crippen molar-refractivity contribution in [3.63, 3.8) is 0 Å². The van der Waals surface area contributed by atoms with Crippen LogP contribution in [-0.4, -0.2) is 22.5 Å². The van der Waals surface area contributed by atoms with E-state index in [4.69, 9.17) is 18.0 Å². The molecule has 2 N–H and O–H groups in total. The SMILES string of the molecule is CC(C)(CCCN(Cc1ccsc1)C1CC1)C(N)=S. The molecule has 4 heteroatoms. The van der Waals surface area contributed by atoms with Crippen molar-refractivity contribution >= 4 is 28.5 Å². The third-order valence-corrected chi connectivity index (χ3v) is 5.23. The molecule has 0 aromatic carbocycles. The van der Waals surface area contributed by atoms with Crippen molar-refractivity contribution in [2.75, 3.05) is 6.54 Å². The summed E-state index contributed by atoms with van der Waals surface area (Å²) in [7, 11) is 0. The summed E-state index contributed by atoms with van der Waals surface area (Å²) in [6.45, 7) is 6.56. The number of thiophene rings is 1. The van der Waals surface area contributed by atoms with Crippen LogP contribution in [0.4, 0.5) is 0 Å². The highest BCUT2D eigenvalue weighted by Crippen LogP contribution is 2.30. The van der Waals surface area contributed by atoms with Gasteiger partial charge in [-0.2, -0.15) is 11.3 Å². The van der Waals surface area contributed by atoms with Gasteiger partial charge >= 0.3 is 0 Å². The maximum Gasteiger partial charge on any atom is 0.0784 e. The standard InChI is InChI=1S/C15H24N2S2/c1-15(2,14(16)18)7-3-8-17(13-4-5-13)10-12-6-9-19-11-12/h6,9,11,13H,3-5,7-8,10H2,1-2H3,(H2,16,18). The van der Waals surface area contributed by atoms with Crippen molar-refractivity contribution in [1.29, 1.82) is 0 Å². The van der Waals surface area contributed by atoms with Gasteiger partial charge in [-0.25, -0.2) is 0 Å². The number of nitrogens with two attached hydrogens (primary N) is 1. The largest absolute Gasteiger partial charge is 0.393 e. The van der Waals surface area contributed by atoms with Gasteiger partial charge in [0.2, 0.25) is 0 Å². The first kappa shape index (κ1) is 14.9. The first-order valence-corrected chi connectivity index (χ1v) is 8.39. The topological polar surface area (TPSA) is 29.3 Å². The Labute approximate surface area is 126 Å². The number of rotatable bonds is 8. The first-order chi connectivity index (χ1) is 8.99. The van der Waals surface area contributed by atoms with Gasteiger partial charge in [0.05, 0.1) is 4.99 Å². The maximum atomic E-state index is 5.79. The van der Waals surface area contributed by atoms with Crippen molar-refractivity contribution in [2.24, 2.45) is 11.1 Å². The molecule has 1 aromatic rings. The summed E-state index contributed by atoms with van der Waals surface area (Å²) < 4.78 is 0. The minimum atomic E-state index is -0.00701. The summed E-state index contributed by atoms with van der Waals surface area (Å²) in [5.41, 5.74) is 7.23. The normalized spacial score (nSPS) is 15.9. The average molecular weight is 297 g/mol. The molecule has 1 saturated carbocycles. The Morgan fingerprint density at radius 2 is 2.26 bits per heavy atom. The Balaban J connectivity index is 1.80. The predicted molar refractivity (Wildman–Crippen MR) is 87.6 cm³/mol. The van der Waals surface area contributed by atoms with E-state index in [1.807, 2.05) is 0 Å². The van der Waals surface area contributed by atoms with E-state index in [-0.39, 0.29) is 5.41 Å². The highest BCUT2D eigenvalue weighted by molar-refractivity contribution is 7.80. The highest BCUT2D eigenvalue weighted by Gasteiger charge is 2.29. The smallest absolute Gasteiger partial charge is 0.0784 e. The van der Waals surface area contributed by atoms with Gasteiger partial charge in [-0.3, -0.25) is 4.90 Å². The molecule has 1 heterocycles. The Kier molecular flexibility index (Phi) is 4.98. The van der Waals surface area contributed by atoms with Crippen molar-refractivity contribution in [2.45, 2.75) is 52.1 Å². The molecule has 19 heavy (non-hydrogen) atoms. The zero-order valence-electron chi connectivity index (χ0n) is 11.9. The lowest BCUT2D eigenvalue weighted by Gasteiger charge is -2.26. The average Bonchev–Trinajstić information content (AvgIpc) is 3.06. The molecule has 0 bridgehead atoms. The second kappa shape index (κ2) is 6.33. The second-order valence-corrected chi connectivity index (χ2v) is 7.40. The molecule has 0 spiro atoms. The van der Waals surface area contributed by atoms with Crippen LogP contribution in [-0.2, 0) is 6.54 Å². The second-order valence-electron chi connectivity index (χ2n) is 6.18. The van der Waals surface area contributed by atoms with E-state index in [2.05, 4.69) is 35.6 Å². The van der Waals surface area contributed by atoms with Crippen molar-refractivity contribution in [3.8, 4) is 0 Å². The van der Waals surface area contributed by atoms with Crippen LogP contribution in [0.15, 0.2) is 16.8 Å². The maximum absolute atomic E-state index is 5.79. The lowest BCUT2D eigenvalue weighted by Crippen LogP contribution is -2.32. The molecule has 1 fully saturated rings. The van der Waals surface area contributed by atoms with Crippen LogP contribution < -0.4 is 5.73 Å². The Morgan fingerprint density at radius 3 is 2.79 bits per heavy atom. The third-order valence-electron chi connectivity index (χ3n) is 3.94. The van der Waals surface area contributed by atoms with E-state index >= 15 is 0 Å². The Bertz CT molecular complexity index is 408. The van der Waals surface area contributed by atoms with Crippen LogP contribution >= 0.6 is 23.6 Å². The minimum Gasteiger partial charge on any atom is -0.393 e. The molecule has 1 aliphatic carbocycles. The van der Waals surface area contributed by atoms with Crippen LogP contribution in [0.25, 0.3) is 0 Å². The molecule has 0 aliphatic heterocycles. The molecule has 0 radical (unpaired) electrons. The molecule has 2 nitrogen and oxygen atoms in total. The van der Waals surface area contributed by atoms with Crippen LogP contribution in [0.3, 0.4) is 0 Å².